The van der Waals surface area contributed by atoms with Crippen LogP contribution in [0.3, 0.4) is 0 Å². The van der Waals surface area contributed by atoms with Crippen LogP contribution in [0.5, 0.6) is 0 Å². The van der Waals surface area contributed by atoms with Crippen LogP contribution in [0.1, 0.15) is 44.0 Å². The van der Waals surface area contributed by atoms with E-state index in [0.29, 0.717) is 5.92 Å². The molecule has 3 nitrogen and oxygen atoms in total. The lowest BCUT2D eigenvalue weighted by Gasteiger charge is -2.21. The first-order chi connectivity index (χ1) is 9.08. The Hall–Kier alpha value is -1.51. The van der Waals surface area contributed by atoms with Gasteiger partial charge in [0.15, 0.2) is 0 Å². The summed E-state index contributed by atoms with van der Waals surface area (Å²) in [5.41, 5.74) is 1.83. The van der Waals surface area contributed by atoms with E-state index in [9.17, 15) is 4.79 Å². The lowest BCUT2D eigenvalue weighted by atomic mass is 10.1. The zero-order valence-electron chi connectivity index (χ0n) is 12.6. The van der Waals surface area contributed by atoms with Crippen molar-refractivity contribution in [3.8, 4) is 0 Å². The molecule has 0 aromatic heterocycles. The van der Waals surface area contributed by atoms with Crippen LogP contribution in [0, 0.1) is 5.92 Å². The van der Waals surface area contributed by atoms with Crippen LogP contribution in [0.4, 0.5) is 5.69 Å². The van der Waals surface area contributed by atoms with Crippen molar-refractivity contribution in [2.75, 3.05) is 25.5 Å². The minimum absolute atomic E-state index is 0.0994. The van der Waals surface area contributed by atoms with Gasteiger partial charge in [0.1, 0.15) is 0 Å². The normalized spacial score (nSPS) is 12.0. The Morgan fingerprint density at radius 3 is 2.42 bits per heavy atom. The van der Waals surface area contributed by atoms with Crippen LogP contribution in [-0.4, -0.2) is 30.9 Å². The molecule has 0 spiro atoms. The number of amides is 1. The van der Waals surface area contributed by atoms with Gasteiger partial charge in [-0.1, -0.05) is 27.2 Å². The largest absolute Gasteiger partial charge is 0.385 e. The number of rotatable bonds is 7. The number of anilines is 1. The molecule has 0 radical (unpaired) electrons. The predicted molar refractivity (Wildman–Crippen MR) is 81.6 cm³/mol. The molecule has 1 atom stereocenters. The molecule has 0 aliphatic carbocycles. The maximum Gasteiger partial charge on any atom is 0.253 e. The summed E-state index contributed by atoms with van der Waals surface area (Å²) < 4.78 is 0. The van der Waals surface area contributed by atoms with E-state index in [1.807, 2.05) is 36.2 Å². The number of hydrogen-bond acceptors (Lipinski definition) is 2. The van der Waals surface area contributed by atoms with E-state index in [4.69, 9.17) is 0 Å². The van der Waals surface area contributed by atoms with E-state index in [2.05, 4.69) is 26.1 Å². The second-order valence-corrected chi connectivity index (χ2v) is 5.20. The summed E-state index contributed by atoms with van der Waals surface area (Å²) >= 11 is 0. The lowest BCUT2D eigenvalue weighted by Crippen LogP contribution is -2.30. The quantitative estimate of drug-likeness (QED) is 0.814. The molecule has 1 amide bonds. The molecule has 1 aromatic rings. The zero-order chi connectivity index (χ0) is 14.3. The van der Waals surface area contributed by atoms with Gasteiger partial charge in [0, 0.05) is 31.4 Å². The monoisotopic (exact) mass is 262 g/mol. The van der Waals surface area contributed by atoms with Crippen LogP contribution in [-0.2, 0) is 0 Å². The average molecular weight is 262 g/mol. The standard InChI is InChI=1S/C16H26N2O/c1-5-11-17-15-9-7-14(8-10-15)16(19)18(4)12-13(3)6-2/h7-10,13,17H,5-6,11-12H2,1-4H3. The van der Waals surface area contributed by atoms with Gasteiger partial charge in [-0.2, -0.15) is 0 Å². The Kier molecular flexibility index (Phi) is 6.40. The van der Waals surface area contributed by atoms with Crippen LogP contribution in [0.25, 0.3) is 0 Å². The second kappa shape index (κ2) is 7.82. The Morgan fingerprint density at radius 2 is 1.89 bits per heavy atom. The molecule has 1 unspecified atom stereocenters. The van der Waals surface area contributed by atoms with Crippen LogP contribution in [0.2, 0.25) is 0 Å². The van der Waals surface area contributed by atoms with E-state index >= 15 is 0 Å². The van der Waals surface area contributed by atoms with Crippen LogP contribution in [0.15, 0.2) is 24.3 Å². The van der Waals surface area contributed by atoms with Crippen molar-refractivity contribution >= 4 is 11.6 Å². The first kappa shape index (κ1) is 15.5. The molecule has 19 heavy (non-hydrogen) atoms. The first-order valence-corrected chi connectivity index (χ1v) is 7.17. The summed E-state index contributed by atoms with van der Waals surface area (Å²) in [6, 6.07) is 7.74. The second-order valence-electron chi connectivity index (χ2n) is 5.20. The highest BCUT2D eigenvalue weighted by Crippen LogP contribution is 2.12. The van der Waals surface area contributed by atoms with Gasteiger partial charge in [-0.05, 0) is 36.6 Å². The molecule has 106 valence electrons. The average Bonchev–Trinajstić information content (AvgIpc) is 2.44. The highest BCUT2D eigenvalue weighted by molar-refractivity contribution is 5.94. The zero-order valence-corrected chi connectivity index (χ0v) is 12.6. The summed E-state index contributed by atoms with van der Waals surface area (Å²) in [6.45, 7) is 8.22. The smallest absolute Gasteiger partial charge is 0.253 e. The van der Waals surface area contributed by atoms with Gasteiger partial charge in [0.05, 0.1) is 0 Å². The Balaban J connectivity index is 2.61. The molecule has 3 heteroatoms. The summed E-state index contributed by atoms with van der Waals surface area (Å²) in [4.78, 5) is 14.0. The lowest BCUT2D eigenvalue weighted by molar-refractivity contribution is 0.0775. The van der Waals surface area contributed by atoms with Gasteiger partial charge in [-0.3, -0.25) is 4.79 Å². The highest BCUT2D eigenvalue weighted by Gasteiger charge is 2.13. The van der Waals surface area contributed by atoms with Gasteiger partial charge in [-0.25, -0.2) is 0 Å². The first-order valence-electron chi connectivity index (χ1n) is 7.17. The van der Waals surface area contributed by atoms with Crippen molar-refractivity contribution in [1.82, 2.24) is 4.90 Å². The van der Waals surface area contributed by atoms with Crippen LogP contribution < -0.4 is 5.32 Å². The Morgan fingerprint density at radius 1 is 1.26 bits per heavy atom. The molecule has 0 aliphatic heterocycles. The highest BCUT2D eigenvalue weighted by atomic mass is 16.2. The summed E-state index contributed by atoms with van der Waals surface area (Å²) in [5, 5.41) is 3.31. The summed E-state index contributed by atoms with van der Waals surface area (Å²) in [5.74, 6) is 0.641. The third-order valence-corrected chi connectivity index (χ3v) is 3.34. The van der Waals surface area contributed by atoms with Crippen molar-refractivity contribution in [1.29, 1.82) is 0 Å². The predicted octanol–water partition coefficient (Wildman–Crippen LogP) is 3.63. The fraction of sp³-hybridized carbons (Fsp3) is 0.562. The number of benzene rings is 1. The molecule has 0 saturated carbocycles. The fourth-order valence-corrected chi connectivity index (χ4v) is 1.90. The van der Waals surface area contributed by atoms with Gasteiger partial charge >= 0.3 is 0 Å². The minimum atomic E-state index is 0.0994. The van der Waals surface area contributed by atoms with Crippen molar-refractivity contribution in [2.45, 2.75) is 33.6 Å². The third-order valence-electron chi connectivity index (χ3n) is 3.34. The summed E-state index contributed by atoms with van der Waals surface area (Å²) in [6.07, 6.45) is 2.19. The maximum atomic E-state index is 12.2. The van der Waals surface area contributed by atoms with Crippen molar-refractivity contribution in [2.24, 2.45) is 5.92 Å². The molecule has 0 aliphatic rings. The maximum absolute atomic E-state index is 12.2. The SMILES string of the molecule is CCCNc1ccc(C(=O)N(C)CC(C)CC)cc1. The van der Waals surface area contributed by atoms with E-state index in [1.165, 1.54) is 0 Å². The Labute approximate surface area is 117 Å². The third kappa shape index (κ3) is 4.93. The summed E-state index contributed by atoms with van der Waals surface area (Å²) in [7, 11) is 1.87. The van der Waals surface area contributed by atoms with Gasteiger partial charge in [0.2, 0.25) is 0 Å². The molecule has 0 bridgehead atoms. The topological polar surface area (TPSA) is 32.3 Å². The van der Waals surface area contributed by atoms with Gasteiger partial charge < -0.3 is 10.2 Å². The molecule has 1 N–H and O–H groups in total. The fourth-order valence-electron chi connectivity index (χ4n) is 1.90. The van der Waals surface area contributed by atoms with E-state index in [1.54, 1.807) is 0 Å². The molecule has 0 heterocycles. The molecular formula is C16H26N2O. The Bertz CT molecular complexity index is 386. The minimum Gasteiger partial charge on any atom is -0.385 e. The molecule has 0 fully saturated rings. The van der Waals surface area contributed by atoms with Crippen molar-refractivity contribution < 1.29 is 4.79 Å². The molecule has 1 rings (SSSR count). The van der Waals surface area contributed by atoms with E-state index in [-0.39, 0.29) is 5.91 Å². The number of carbonyl (C=O) groups is 1. The number of nitrogens with one attached hydrogen (secondary N) is 1. The van der Waals surface area contributed by atoms with Crippen LogP contribution >= 0.6 is 0 Å². The molecule has 1 aromatic carbocycles. The van der Waals surface area contributed by atoms with Crippen molar-refractivity contribution in [3.05, 3.63) is 29.8 Å². The van der Waals surface area contributed by atoms with Gasteiger partial charge in [0.25, 0.3) is 5.91 Å². The number of hydrogen-bond donors (Lipinski definition) is 1. The van der Waals surface area contributed by atoms with E-state index in [0.717, 1.165) is 37.2 Å². The molecular weight excluding hydrogens is 236 g/mol. The van der Waals surface area contributed by atoms with Crippen molar-refractivity contribution in [3.63, 3.8) is 0 Å². The molecule has 0 saturated heterocycles. The van der Waals surface area contributed by atoms with Gasteiger partial charge in [-0.15, -0.1) is 0 Å². The number of carbonyl (C=O) groups excluding carboxylic acids is 1. The van der Waals surface area contributed by atoms with E-state index < -0.39 is 0 Å². The number of nitrogens with zero attached hydrogens (tertiary/aromatic N) is 1.